The molecule has 3 atom stereocenters. The molecule has 5 rings (SSSR count). The Morgan fingerprint density at radius 1 is 0.706 bits per heavy atom. The lowest BCUT2D eigenvalue weighted by molar-refractivity contribution is -0.126. The van der Waals surface area contributed by atoms with Gasteiger partial charge >= 0.3 is 0 Å². The average molecular weight is 460 g/mol. The Balaban J connectivity index is 1.67. The molecular formula is C26H24N2O6. The van der Waals surface area contributed by atoms with Crippen LogP contribution < -0.4 is 24.2 Å². The number of carbonyl (C=O) groups is 2. The Morgan fingerprint density at radius 3 is 1.91 bits per heavy atom. The van der Waals surface area contributed by atoms with E-state index in [2.05, 4.69) is 0 Å². The molecule has 2 amide bonds. The SMILES string of the molecule is COc1ccc([C@H]2[C@H]3C(=O)N(c4ccccc4)C(=O)[C@@H]3ON2c2ccccc2)c(OC)c1OC. The van der Waals surface area contributed by atoms with Crippen LogP contribution in [0.1, 0.15) is 11.6 Å². The molecule has 0 N–H and O–H groups in total. The third-order valence-corrected chi connectivity index (χ3v) is 6.19. The predicted molar refractivity (Wildman–Crippen MR) is 125 cm³/mol. The number of benzene rings is 3. The summed E-state index contributed by atoms with van der Waals surface area (Å²) in [6.07, 6.45) is -0.976. The first-order valence-corrected chi connectivity index (χ1v) is 10.8. The molecule has 0 bridgehead atoms. The Bertz CT molecular complexity index is 1220. The number of fused-ring (bicyclic) bond motifs is 1. The van der Waals surface area contributed by atoms with Gasteiger partial charge in [0.1, 0.15) is 12.0 Å². The zero-order valence-electron chi connectivity index (χ0n) is 19.0. The van der Waals surface area contributed by atoms with Crippen molar-refractivity contribution in [3.63, 3.8) is 0 Å². The van der Waals surface area contributed by atoms with Crippen LogP contribution in [0.4, 0.5) is 11.4 Å². The minimum absolute atomic E-state index is 0.332. The lowest BCUT2D eigenvalue weighted by Crippen LogP contribution is -2.37. The molecule has 2 heterocycles. The maximum Gasteiger partial charge on any atom is 0.266 e. The fourth-order valence-electron chi connectivity index (χ4n) is 4.72. The van der Waals surface area contributed by atoms with Gasteiger partial charge in [-0.2, -0.15) is 0 Å². The fourth-order valence-corrected chi connectivity index (χ4v) is 4.72. The summed E-state index contributed by atoms with van der Waals surface area (Å²) in [5.41, 5.74) is 1.87. The van der Waals surface area contributed by atoms with Crippen molar-refractivity contribution >= 4 is 23.2 Å². The van der Waals surface area contributed by atoms with Crippen molar-refractivity contribution in [2.45, 2.75) is 12.1 Å². The fraction of sp³-hybridized carbons (Fsp3) is 0.231. The molecule has 2 aliphatic rings. The summed E-state index contributed by atoms with van der Waals surface area (Å²) < 4.78 is 16.7. The molecule has 34 heavy (non-hydrogen) atoms. The van der Waals surface area contributed by atoms with E-state index in [0.29, 0.717) is 34.2 Å². The van der Waals surface area contributed by atoms with Crippen LogP contribution in [0.15, 0.2) is 72.8 Å². The van der Waals surface area contributed by atoms with Crippen molar-refractivity contribution in [2.75, 3.05) is 31.3 Å². The molecule has 0 saturated carbocycles. The number of hydroxylamine groups is 1. The minimum atomic E-state index is -0.976. The molecule has 0 aromatic heterocycles. The molecule has 0 radical (unpaired) electrons. The zero-order valence-corrected chi connectivity index (χ0v) is 19.0. The molecule has 2 fully saturated rings. The Morgan fingerprint density at radius 2 is 1.32 bits per heavy atom. The van der Waals surface area contributed by atoms with Crippen LogP contribution in [-0.4, -0.2) is 39.2 Å². The number of para-hydroxylation sites is 2. The van der Waals surface area contributed by atoms with Crippen LogP contribution in [0.3, 0.4) is 0 Å². The Labute approximate surface area is 197 Å². The first-order valence-electron chi connectivity index (χ1n) is 10.8. The Kier molecular flexibility index (Phi) is 5.59. The van der Waals surface area contributed by atoms with Gasteiger partial charge < -0.3 is 14.2 Å². The molecule has 8 nitrogen and oxygen atoms in total. The first-order chi connectivity index (χ1) is 16.6. The normalized spacial score (nSPS) is 21.6. The topological polar surface area (TPSA) is 77.5 Å². The van der Waals surface area contributed by atoms with Crippen molar-refractivity contribution in [3.05, 3.63) is 78.4 Å². The molecule has 0 spiro atoms. The molecule has 2 saturated heterocycles. The lowest BCUT2D eigenvalue weighted by atomic mass is 9.89. The van der Waals surface area contributed by atoms with Gasteiger partial charge in [-0.15, -0.1) is 0 Å². The highest BCUT2D eigenvalue weighted by Gasteiger charge is 2.61. The van der Waals surface area contributed by atoms with Gasteiger partial charge in [-0.1, -0.05) is 36.4 Å². The van der Waals surface area contributed by atoms with Gasteiger partial charge in [-0.25, -0.2) is 9.96 Å². The van der Waals surface area contributed by atoms with E-state index in [1.807, 2.05) is 42.5 Å². The molecule has 0 aliphatic carbocycles. The van der Waals surface area contributed by atoms with Gasteiger partial charge in [-0.05, 0) is 36.4 Å². The molecule has 0 unspecified atom stereocenters. The maximum atomic E-state index is 13.7. The molecule has 3 aromatic rings. The van der Waals surface area contributed by atoms with Gasteiger partial charge in [0, 0.05) is 5.56 Å². The first kappa shape index (κ1) is 21.8. The monoisotopic (exact) mass is 460 g/mol. The summed E-state index contributed by atoms with van der Waals surface area (Å²) in [7, 11) is 4.59. The average Bonchev–Trinajstić information content (AvgIpc) is 3.39. The van der Waals surface area contributed by atoms with Crippen molar-refractivity contribution in [1.82, 2.24) is 0 Å². The predicted octanol–water partition coefficient (Wildman–Crippen LogP) is 3.76. The number of hydrogen-bond donors (Lipinski definition) is 0. The van der Waals surface area contributed by atoms with Crippen molar-refractivity contribution in [1.29, 1.82) is 0 Å². The van der Waals surface area contributed by atoms with E-state index < -0.39 is 24.0 Å². The second-order valence-corrected chi connectivity index (χ2v) is 7.93. The van der Waals surface area contributed by atoms with Gasteiger partial charge in [0.05, 0.1) is 32.7 Å². The summed E-state index contributed by atoms with van der Waals surface area (Å²) in [5.74, 6) is -0.221. The largest absolute Gasteiger partial charge is 0.493 e. The number of methoxy groups -OCH3 is 3. The van der Waals surface area contributed by atoms with Gasteiger partial charge in [0.2, 0.25) is 11.7 Å². The van der Waals surface area contributed by atoms with Crippen LogP contribution in [0, 0.1) is 5.92 Å². The number of hydrogen-bond acceptors (Lipinski definition) is 7. The quantitative estimate of drug-likeness (QED) is 0.519. The third-order valence-electron chi connectivity index (χ3n) is 6.19. The highest BCUT2D eigenvalue weighted by Crippen LogP contribution is 2.52. The van der Waals surface area contributed by atoms with E-state index in [4.69, 9.17) is 19.0 Å². The number of ether oxygens (including phenoxy) is 3. The van der Waals surface area contributed by atoms with E-state index in [-0.39, 0.29) is 5.91 Å². The highest BCUT2D eigenvalue weighted by molar-refractivity contribution is 6.23. The number of amides is 2. The Hall–Kier alpha value is -4.04. The van der Waals surface area contributed by atoms with E-state index in [0.717, 1.165) is 0 Å². The second kappa shape index (κ2) is 8.72. The number of nitrogens with zero attached hydrogens (tertiary/aromatic N) is 2. The van der Waals surface area contributed by atoms with Crippen molar-refractivity contribution in [2.24, 2.45) is 5.92 Å². The van der Waals surface area contributed by atoms with E-state index in [9.17, 15) is 9.59 Å². The summed E-state index contributed by atoms with van der Waals surface area (Å²) in [6, 6.07) is 21.2. The van der Waals surface area contributed by atoms with Crippen molar-refractivity contribution < 1.29 is 28.6 Å². The van der Waals surface area contributed by atoms with Gasteiger partial charge in [0.15, 0.2) is 17.6 Å². The standard InChI is InChI=1S/C26H24N2O6/c1-31-19-15-14-18(22(32-2)23(19)33-3)21-20-24(34-28(21)17-12-8-5-9-13-17)26(30)27(25(20)29)16-10-6-4-7-11-16/h4-15,20-21,24H,1-3H3/t20-,21+,24-/m1/s1. The van der Waals surface area contributed by atoms with Crippen LogP contribution in [0.2, 0.25) is 0 Å². The van der Waals surface area contributed by atoms with E-state index in [1.165, 1.54) is 19.1 Å². The van der Waals surface area contributed by atoms with Crippen LogP contribution in [0.25, 0.3) is 0 Å². The van der Waals surface area contributed by atoms with Gasteiger partial charge in [-0.3, -0.25) is 14.4 Å². The third kappa shape index (κ3) is 3.26. The summed E-state index contributed by atoms with van der Waals surface area (Å²) in [5, 5.41) is 1.62. The molecule has 174 valence electrons. The van der Waals surface area contributed by atoms with Crippen LogP contribution in [0.5, 0.6) is 17.2 Å². The number of anilines is 2. The summed E-state index contributed by atoms with van der Waals surface area (Å²) in [4.78, 5) is 34.5. The zero-order chi connectivity index (χ0) is 23.8. The molecule has 2 aliphatic heterocycles. The summed E-state index contributed by atoms with van der Waals surface area (Å²) >= 11 is 0. The lowest BCUT2D eigenvalue weighted by Gasteiger charge is -2.30. The molecule has 8 heteroatoms. The highest BCUT2D eigenvalue weighted by atomic mass is 16.7. The van der Waals surface area contributed by atoms with Crippen molar-refractivity contribution in [3.8, 4) is 17.2 Å². The molecule has 3 aromatic carbocycles. The van der Waals surface area contributed by atoms with Gasteiger partial charge in [0.25, 0.3) is 5.91 Å². The molecular weight excluding hydrogens is 436 g/mol. The minimum Gasteiger partial charge on any atom is -0.493 e. The maximum absolute atomic E-state index is 13.7. The van der Waals surface area contributed by atoms with Crippen LogP contribution in [-0.2, 0) is 14.4 Å². The van der Waals surface area contributed by atoms with E-state index in [1.54, 1.807) is 42.5 Å². The summed E-state index contributed by atoms with van der Waals surface area (Å²) in [6.45, 7) is 0. The number of imide groups is 1. The number of carbonyl (C=O) groups excluding carboxylic acids is 2. The van der Waals surface area contributed by atoms with Crippen LogP contribution >= 0.6 is 0 Å². The number of rotatable bonds is 6. The van der Waals surface area contributed by atoms with E-state index >= 15 is 0 Å². The smallest absolute Gasteiger partial charge is 0.266 e. The second-order valence-electron chi connectivity index (χ2n) is 7.93.